The molecule has 91 valence electrons. The number of hydrogen-bond acceptors (Lipinski definition) is 3. The van der Waals surface area contributed by atoms with Gasteiger partial charge in [-0.15, -0.1) is 0 Å². The molecule has 7 heteroatoms. The molecule has 0 atom stereocenters. The van der Waals surface area contributed by atoms with Gasteiger partial charge in [-0.05, 0) is 0 Å². The molecule has 2 rings (SSSR count). The van der Waals surface area contributed by atoms with Crippen LogP contribution in [-0.4, -0.2) is 23.4 Å². The predicted octanol–water partition coefficient (Wildman–Crippen LogP) is -1.06. The van der Waals surface area contributed by atoms with Gasteiger partial charge >= 0.3 is 31.0 Å². The standard InChI is InChI=1S/C8H10N4O2.CH2.Ag/c1-10-4-9-6-5(10)7(13)12(3)8(14)11(6)2;;/h4H,1-3H3;1H2;. The van der Waals surface area contributed by atoms with Crippen LogP contribution >= 0.6 is 0 Å². The maximum atomic E-state index is 11.7. The zero-order chi connectivity index (χ0) is 12.5. The molecule has 0 aliphatic heterocycles. The van der Waals surface area contributed by atoms with Crippen LogP contribution in [0.3, 0.4) is 0 Å². The Morgan fingerprint density at radius 2 is 1.75 bits per heavy atom. The fourth-order valence-electron chi connectivity index (χ4n) is 1.47. The summed E-state index contributed by atoms with van der Waals surface area (Å²) in [4.78, 5) is 27.2. The van der Waals surface area contributed by atoms with Crippen molar-refractivity contribution in [3.05, 3.63) is 27.2 Å². The molecule has 0 unspecified atom stereocenters. The van der Waals surface area contributed by atoms with Crippen LogP contribution in [0, 0.1) is 0 Å². The Labute approximate surface area is 104 Å². The molecule has 0 aromatic carbocycles. The van der Waals surface area contributed by atoms with Gasteiger partial charge in [0.1, 0.15) is 0 Å². The number of aryl methyl sites for hydroxylation is 2. The van der Waals surface area contributed by atoms with E-state index in [-0.39, 0.29) is 11.2 Å². The molecule has 6 nitrogen and oxygen atoms in total. The van der Waals surface area contributed by atoms with Crippen molar-refractivity contribution in [1.29, 1.82) is 0 Å². The van der Waals surface area contributed by atoms with E-state index in [2.05, 4.69) is 30.3 Å². The van der Waals surface area contributed by atoms with E-state index in [1.54, 1.807) is 18.7 Å². The fourth-order valence-corrected chi connectivity index (χ4v) is 1.47. The van der Waals surface area contributed by atoms with E-state index in [0.717, 1.165) is 4.57 Å². The summed E-state index contributed by atoms with van der Waals surface area (Å²) in [6, 6.07) is 0. The fraction of sp³-hybridized carbons (Fsp3) is 0.333. The number of fused-ring (bicyclic) bond motifs is 1. The molecule has 0 saturated carbocycles. The average molecular weight is 316 g/mol. The molecule has 0 spiro atoms. The van der Waals surface area contributed by atoms with Crippen LogP contribution in [0.5, 0.6) is 0 Å². The van der Waals surface area contributed by atoms with Gasteiger partial charge in [-0.25, -0.2) is 9.78 Å². The average Bonchev–Trinajstić information content (AvgIpc) is 2.68. The van der Waals surface area contributed by atoms with Crippen molar-refractivity contribution in [3.63, 3.8) is 0 Å². The van der Waals surface area contributed by atoms with E-state index >= 15 is 0 Å². The van der Waals surface area contributed by atoms with E-state index in [0.29, 0.717) is 11.2 Å². The zero-order valence-corrected chi connectivity index (χ0v) is 10.7. The van der Waals surface area contributed by atoms with Crippen LogP contribution in [-0.2, 0) is 41.7 Å². The van der Waals surface area contributed by atoms with E-state index in [4.69, 9.17) is 0 Å². The second-order valence-corrected chi connectivity index (χ2v) is 3.23. The van der Waals surface area contributed by atoms with E-state index in [9.17, 15) is 9.59 Å². The second kappa shape index (κ2) is 4.73. The second-order valence-electron chi connectivity index (χ2n) is 3.23. The molecular formula is C9H12AgN4O2. The van der Waals surface area contributed by atoms with Gasteiger partial charge in [0.05, 0.1) is 6.33 Å². The summed E-state index contributed by atoms with van der Waals surface area (Å²) in [5.41, 5.74) is 0.180. The molecule has 0 radical (unpaired) electrons. The van der Waals surface area contributed by atoms with Crippen LogP contribution in [0.4, 0.5) is 0 Å². The van der Waals surface area contributed by atoms with Gasteiger partial charge in [0, 0.05) is 21.1 Å². The molecule has 2 heterocycles. The summed E-state index contributed by atoms with van der Waals surface area (Å²) in [6.07, 6.45) is 1.52. The van der Waals surface area contributed by atoms with Crippen molar-refractivity contribution in [2.45, 2.75) is 0 Å². The molecule has 16 heavy (non-hydrogen) atoms. The predicted molar refractivity (Wildman–Crippen MR) is 58.3 cm³/mol. The Bertz CT molecular complexity index is 637. The first-order valence-electron chi connectivity index (χ1n) is 4.32. The first-order valence-corrected chi connectivity index (χ1v) is 5.37. The molecule has 0 bridgehead atoms. The Morgan fingerprint density at radius 1 is 1.19 bits per heavy atom. The topological polar surface area (TPSA) is 61.8 Å². The molecule has 0 amide bonds. The van der Waals surface area contributed by atoms with Crippen LogP contribution in [0.2, 0.25) is 0 Å². The van der Waals surface area contributed by atoms with E-state index in [1.807, 2.05) is 0 Å². The van der Waals surface area contributed by atoms with Crippen molar-refractivity contribution >= 4 is 15.9 Å². The third kappa shape index (κ3) is 1.75. The number of rotatable bonds is 0. The van der Waals surface area contributed by atoms with Gasteiger partial charge in [-0.1, -0.05) is 0 Å². The molecular weight excluding hydrogens is 304 g/mol. The zero-order valence-electron chi connectivity index (χ0n) is 9.19. The minimum absolute atomic E-state index is 0.317. The number of nitrogens with zero attached hydrogens (tertiary/aromatic N) is 4. The monoisotopic (exact) mass is 315 g/mol. The number of aromatic nitrogens is 4. The molecule has 2 aromatic rings. The minimum atomic E-state index is -0.360. The maximum absolute atomic E-state index is 11.7. The number of imidazole rings is 1. The van der Waals surface area contributed by atoms with Crippen LogP contribution in [0.25, 0.3) is 11.2 Å². The SMILES string of the molecule is Cn1c(=O)c2c(ncn2C)n(C)c1=O.[CH2]=[Ag]. The van der Waals surface area contributed by atoms with Crippen molar-refractivity contribution in [1.82, 2.24) is 18.7 Å². The molecule has 2 aromatic heterocycles. The van der Waals surface area contributed by atoms with E-state index in [1.165, 1.54) is 17.9 Å². The van der Waals surface area contributed by atoms with Gasteiger partial charge in [0.25, 0.3) is 5.56 Å². The third-order valence-corrected chi connectivity index (χ3v) is 2.32. The van der Waals surface area contributed by atoms with Crippen molar-refractivity contribution in [3.8, 4) is 0 Å². The van der Waals surface area contributed by atoms with Gasteiger partial charge in [-0.3, -0.25) is 13.9 Å². The van der Waals surface area contributed by atoms with E-state index < -0.39 is 0 Å². The van der Waals surface area contributed by atoms with Gasteiger partial charge in [0.15, 0.2) is 11.2 Å². The Kier molecular flexibility index (Phi) is 3.79. The van der Waals surface area contributed by atoms with Crippen LogP contribution in [0.1, 0.15) is 0 Å². The third-order valence-electron chi connectivity index (χ3n) is 2.32. The Hall–Kier alpha value is -1.24. The first-order chi connectivity index (χ1) is 7.54. The normalized spacial score (nSPS) is 10.1. The van der Waals surface area contributed by atoms with Crippen LogP contribution < -0.4 is 11.2 Å². The summed E-state index contributed by atoms with van der Waals surface area (Å²) < 4.78 is 7.10. The summed E-state index contributed by atoms with van der Waals surface area (Å²) in [7, 11) is 4.77. The molecule has 0 saturated heterocycles. The van der Waals surface area contributed by atoms with Gasteiger partial charge in [0.2, 0.25) is 0 Å². The van der Waals surface area contributed by atoms with Gasteiger partial charge < -0.3 is 4.57 Å². The molecule has 0 fully saturated rings. The van der Waals surface area contributed by atoms with Crippen molar-refractivity contribution < 1.29 is 20.6 Å². The van der Waals surface area contributed by atoms with Gasteiger partial charge in [-0.2, -0.15) is 0 Å². The Balaban J connectivity index is 0.000000606. The van der Waals surface area contributed by atoms with Crippen LogP contribution in [0.15, 0.2) is 15.9 Å². The Morgan fingerprint density at radius 3 is 2.31 bits per heavy atom. The van der Waals surface area contributed by atoms with Crippen molar-refractivity contribution in [2.75, 3.05) is 0 Å². The first kappa shape index (κ1) is 12.8. The summed E-state index contributed by atoms with van der Waals surface area (Å²) in [5.74, 6) is 0. The van der Waals surface area contributed by atoms with Crippen molar-refractivity contribution in [2.24, 2.45) is 21.1 Å². The molecule has 0 aliphatic carbocycles. The summed E-state index contributed by atoms with van der Waals surface area (Å²) in [6.45, 7) is 0. The molecule has 0 N–H and O–H groups in total. The summed E-state index contributed by atoms with van der Waals surface area (Å²) >= 11 is 2.70. The molecule has 0 aliphatic rings. The quantitative estimate of drug-likeness (QED) is 0.582. The number of hydrogen-bond donors (Lipinski definition) is 0. The summed E-state index contributed by atoms with van der Waals surface area (Å²) in [5, 5.41) is 0.